The number of imidazole rings is 1. The second kappa shape index (κ2) is 15.4. The molecule has 2 aromatic carbocycles. The van der Waals surface area contributed by atoms with Crippen LogP contribution in [-0.4, -0.2) is 92.9 Å². The Bertz CT molecular complexity index is 1530. The molecule has 0 bridgehead atoms. The largest absolute Gasteiger partial charge is 0.465 e. The van der Waals surface area contributed by atoms with Crippen LogP contribution in [-0.2, 0) is 29.0 Å². The molecule has 4 N–H and O–H groups in total. The number of fused-ring (bicyclic) bond motifs is 3. The van der Waals surface area contributed by atoms with Crippen molar-refractivity contribution in [1.29, 1.82) is 0 Å². The van der Waals surface area contributed by atoms with Crippen LogP contribution in [0.25, 0.3) is 21.9 Å². The van der Waals surface area contributed by atoms with Crippen LogP contribution in [0.15, 0.2) is 48.5 Å². The average Bonchev–Trinajstić information content (AvgIpc) is 3.38. The number of aromatic nitrogens is 3. The number of nitrogen functional groups attached to an aromatic ring is 1. The number of aryl methyl sites for hydroxylation is 2. The highest BCUT2D eigenvalue weighted by Crippen LogP contribution is 2.29. The number of aliphatic hydroxyl groups excluding tert-OH is 2. The number of carbonyl (C=O) groups is 2. The van der Waals surface area contributed by atoms with Crippen molar-refractivity contribution >= 4 is 39.6 Å². The van der Waals surface area contributed by atoms with Gasteiger partial charge in [-0.05, 0) is 36.6 Å². The van der Waals surface area contributed by atoms with Crippen LogP contribution < -0.4 is 5.73 Å². The summed E-state index contributed by atoms with van der Waals surface area (Å²) in [7, 11) is 1.34. The van der Waals surface area contributed by atoms with E-state index in [1.807, 2.05) is 30.3 Å². The zero-order chi connectivity index (χ0) is 30.8. The number of hydrogen-bond acceptors (Lipinski definition) is 9. The predicted molar refractivity (Wildman–Crippen MR) is 166 cm³/mol. The predicted octanol–water partition coefficient (Wildman–Crippen LogP) is 3.00. The number of esters is 1. The van der Waals surface area contributed by atoms with Gasteiger partial charge in [0, 0.05) is 44.5 Å². The van der Waals surface area contributed by atoms with Crippen LogP contribution in [0.4, 0.5) is 5.82 Å². The van der Waals surface area contributed by atoms with E-state index < -0.39 is 5.97 Å². The summed E-state index contributed by atoms with van der Waals surface area (Å²) in [5.74, 6) is 0.776. The SMILES string of the molecule is CCCCc1nc2c(N)nc3ccccc3c2n1CCCN(Cc1cccc(C(=O)OC)c1)C(=O)CN(CCO)CCO. The number of carbonyl (C=O) groups excluding carboxylic acids is 2. The maximum absolute atomic E-state index is 13.6. The summed E-state index contributed by atoms with van der Waals surface area (Å²) in [6.07, 6.45) is 3.47. The fourth-order valence-corrected chi connectivity index (χ4v) is 5.36. The average molecular weight is 591 g/mol. The highest BCUT2D eigenvalue weighted by Gasteiger charge is 2.21. The fraction of sp³-hybridized carbons (Fsp3) is 0.438. The highest BCUT2D eigenvalue weighted by molar-refractivity contribution is 6.06. The number of para-hydroxylation sites is 1. The number of amides is 1. The number of rotatable bonds is 16. The first kappa shape index (κ1) is 31.9. The standard InChI is InChI=1S/C32H42N6O5/c1-3-4-13-27-35-29-30(25-11-5-6-12-26(25)34-31(29)33)38(27)15-8-14-37(28(41)22-36(16-18-39)17-19-40)21-23-9-7-10-24(20-23)32(42)43-2/h5-7,9-12,20,39-40H,3-4,8,13-19,21-22H2,1-2H3,(H2,33,34). The molecule has 4 aromatic rings. The van der Waals surface area contributed by atoms with E-state index in [1.165, 1.54) is 7.11 Å². The zero-order valence-corrected chi connectivity index (χ0v) is 25.0. The number of hydrogen-bond donors (Lipinski definition) is 3. The molecule has 0 aliphatic heterocycles. The monoisotopic (exact) mass is 590 g/mol. The number of benzene rings is 2. The Labute approximate surface area is 251 Å². The lowest BCUT2D eigenvalue weighted by Crippen LogP contribution is -2.42. The lowest BCUT2D eigenvalue weighted by atomic mass is 10.1. The maximum Gasteiger partial charge on any atom is 0.337 e. The minimum atomic E-state index is -0.440. The molecule has 0 aliphatic rings. The summed E-state index contributed by atoms with van der Waals surface area (Å²) in [6.45, 7) is 3.88. The van der Waals surface area contributed by atoms with E-state index in [4.69, 9.17) is 15.5 Å². The second-order valence-corrected chi connectivity index (χ2v) is 10.6. The minimum Gasteiger partial charge on any atom is -0.465 e. The number of methoxy groups -OCH3 is 1. The van der Waals surface area contributed by atoms with Crippen LogP contribution in [0.5, 0.6) is 0 Å². The normalized spacial score (nSPS) is 11.5. The summed E-state index contributed by atoms with van der Waals surface area (Å²) in [6, 6.07) is 15.0. The summed E-state index contributed by atoms with van der Waals surface area (Å²) in [5, 5.41) is 19.9. The summed E-state index contributed by atoms with van der Waals surface area (Å²) < 4.78 is 7.09. The highest BCUT2D eigenvalue weighted by atomic mass is 16.5. The van der Waals surface area contributed by atoms with E-state index in [-0.39, 0.29) is 38.8 Å². The minimum absolute atomic E-state index is 0.0560. The number of nitrogens with zero attached hydrogens (tertiary/aromatic N) is 5. The molecule has 0 spiro atoms. The van der Waals surface area contributed by atoms with Crippen LogP contribution in [0.3, 0.4) is 0 Å². The number of ether oxygens (including phenoxy) is 1. The van der Waals surface area contributed by atoms with E-state index >= 15 is 0 Å². The van der Waals surface area contributed by atoms with Gasteiger partial charge in [0.2, 0.25) is 5.91 Å². The van der Waals surface area contributed by atoms with Gasteiger partial charge in [-0.3, -0.25) is 9.69 Å². The summed E-state index contributed by atoms with van der Waals surface area (Å²) >= 11 is 0. The molecule has 0 saturated carbocycles. The second-order valence-electron chi connectivity index (χ2n) is 10.6. The lowest BCUT2D eigenvalue weighted by molar-refractivity contribution is -0.133. The van der Waals surface area contributed by atoms with Crippen molar-refractivity contribution < 1.29 is 24.5 Å². The molecule has 11 heteroatoms. The molecule has 0 aliphatic carbocycles. The van der Waals surface area contributed by atoms with E-state index in [1.54, 1.807) is 28.0 Å². The van der Waals surface area contributed by atoms with Crippen molar-refractivity contribution in [3.8, 4) is 0 Å². The van der Waals surface area contributed by atoms with E-state index in [0.717, 1.165) is 47.1 Å². The molecular weight excluding hydrogens is 548 g/mol. The van der Waals surface area contributed by atoms with Crippen molar-refractivity contribution in [3.63, 3.8) is 0 Å². The molecule has 43 heavy (non-hydrogen) atoms. The van der Waals surface area contributed by atoms with Gasteiger partial charge in [0.25, 0.3) is 0 Å². The van der Waals surface area contributed by atoms with Gasteiger partial charge in [0.1, 0.15) is 11.3 Å². The molecule has 1 amide bonds. The number of unbranched alkanes of at least 4 members (excludes halogenated alkanes) is 1. The molecule has 0 atom stereocenters. The van der Waals surface area contributed by atoms with E-state index in [9.17, 15) is 19.8 Å². The Morgan fingerprint density at radius 2 is 1.77 bits per heavy atom. The Hall–Kier alpha value is -4.06. The van der Waals surface area contributed by atoms with Gasteiger partial charge in [-0.15, -0.1) is 0 Å². The summed E-state index contributed by atoms with van der Waals surface area (Å²) in [4.78, 5) is 38.7. The number of anilines is 1. The third kappa shape index (κ3) is 7.86. The van der Waals surface area contributed by atoms with Crippen molar-refractivity contribution in [2.45, 2.75) is 45.7 Å². The molecule has 2 heterocycles. The van der Waals surface area contributed by atoms with Crippen molar-refractivity contribution in [1.82, 2.24) is 24.3 Å². The van der Waals surface area contributed by atoms with Gasteiger partial charge in [-0.1, -0.05) is 43.7 Å². The zero-order valence-electron chi connectivity index (χ0n) is 25.0. The molecule has 2 aromatic heterocycles. The lowest BCUT2D eigenvalue weighted by Gasteiger charge is -2.27. The quantitative estimate of drug-likeness (QED) is 0.168. The van der Waals surface area contributed by atoms with Gasteiger partial charge in [-0.25, -0.2) is 14.8 Å². The molecule has 0 fully saturated rings. The Morgan fingerprint density at radius 3 is 2.49 bits per heavy atom. The third-order valence-electron chi connectivity index (χ3n) is 7.52. The summed E-state index contributed by atoms with van der Waals surface area (Å²) in [5.41, 5.74) is 10.0. The fourth-order valence-electron chi connectivity index (χ4n) is 5.36. The first-order valence-corrected chi connectivity index (χ1v) is 14.8. The van der Waals surface area contributed by atoms with Crippen LogP contribution in [0.1, 0.15) is 47.9 Å². The Morgan fingerprint density at radius 1 is 1.00 bits per heavy atom. The van der Waals surface area contributed by atoms with Crippen LogP contribution >= 0.6 is 0 Å². The third-order valence-corrected chi connectivity index (χ3v) is 7.52. The van der Waals surface area contributed by atoms with Crippen molar-refractivity contribution in [2.75, 3.05) is 52.2 Å². The first-order valence-electron chi connectivity index (χ1n) is 14.8. The Kier molecular flexibility index (Phi) is 11.4. The van der Waals surface area contributed by atoms with Gasteiger partial charge < -0.3 is 30.2 Å². The molecule has 11 nitrogen and oxygen atoms in total. The van der Waals surface area contributed by atoms with Crippen LogP contribution in [0.2, 0.25) is 0 Å². The molecule has 0 unspecified atom stereocenters. The Balaban J connectivity index is 1.62. The smallest absolute Gasteiger partial charge is 0.337 e. The van der Waals surface area contributed by atoms with Gasteiger partial charge in [-0.2, -0.15) is 0 Å². The van der Waals surface area contributed by atoms with Crippen molar-refractivity contribution in [2.24, 2.45) is 0 Å². The molecule has 230 valence electrons. The number of pyridine rings is 1. The molecule has 4 rings (SSSR count). The molecular formula is C32H42N6O5. The van der Waals surface area contributed by atoms with Gasteiger partial charge in [0.05, 0.1) is 43.5 Å². The number of aliphatic hydroxyl groups is 2. The molecule has 0 saturated heterocycles. The molecule has 0 radical (unpaired) electrons. The topological polar surface area (TPSA) is 147 Å². The van der Waals surface area contributed by atoms with Crippen LogP contribution in [0, 0.1) is 0 Å². The first-order chi connectivity index (χ1) is 20.9. The van der Waals surface area contributed by atoms with Gasteiger partial charge in [0.15, 0.2) is 5.82 Å². The van der Waals surface area contributed by atoms with Gasteiger partial charge >= 0.3 is 5.97 Å². The number of nitrogens with two attached hydrogens (primary N) is 1. The van der Waals surface area contributed by atoms with E-state index in [2.05, 4.69) is 16.5 Å². The van der Waals surface area contributed by atoms with E-state index in [0.29, 0.717) is 43.0 Å². The van der Waals surface area contributed by atoms with Crippen molar-refractivity contribution in [3.05, 3.63) is 65.5 Å². The maximum atomic E-state index is 13.6.